The molecule has 0 radical (unpaired) electrons. The first-order valence-electron chi connectivity index (χ1n) is 10.9. The number of hydrogen-bond donors (Lipinski definition) is 1. The Balaban J connectivity index is 1.70. The Labute approximate surface area is 191 Å². The molecule has 0 aromatic carbocycles. The molecule has 3 rings (SSSR count). The van der Waals surface area contributed by atoms with Crippen LogP contribution in [0.3, 0.4) is 0 Å². The molecule has 0 bridgehead atoms. The summed E-state index contributed by atoms with van der Waals surface area (Å²) in [5.74, 6) is 0.157. The number of thioether (sulfide) groups is 1. The molecule has 1 N–H and O–H groups in total. The lowest BCUT2D eigenvalue weighted by Gasteiger charge is -2.15. The van der Waals surface area contributed by atoms with E-state index in [2.05, 4.69) is 46.7 Å². The molecule has 9 heteroatoms. The van der Waals surface area contributed by atoms with Crippen LogP contribution < -0.4 is 15.8 Å². The molecule has 0 saturated carbocycles. The second-order valence-corrected chi connectivity index (χ2v) is 9.34. The molecular formula is C22H31N5O2S2. The highest BCUT2D eigenvalue weighted by atomic mass is 32.2. The number of nitrogens with one attached hydrogen (secondary N) is 1. The highest BCUT2D eigenvalue weighted by Gasteiger charge is 2.18. The first kappa shape index (κ1) is 23.5. The second-order valence-electron chi connectivity index (χ2n) is 7.42. The van der Waals surface area contributed by atoms with Gasteiger partial charge in [0.25, 0.3) is 5.56 Å². The molecule has 1 aliphatic rings. The normalized spacial score (nSPS) is 13.8. The van der Waals surface area contributed by atoms with Gasteiger partial charge in [0.2, 0.25) is 5.91 Å². The summed E-state index contributed by atoms with van der Waals surface area (Å²) in [4.78, 5) is 36.7. The molecule has 0 atom stereocenters. The highest BCUT2D eigenvalue weighted by molar-refractivity contribution is 7.99. The largest absolute Gasteiger partial charge is 0.355 e. The number of hydrogen-bond acceptors (Lipinski definition) is 7. The van der Waals surface area contributed by atoms with Gasteiger partial charge in [-0.1, -0.05) is 40.8 Å². The number of amides is 1. The molecule has 2 aromatic rings. The predicted molar refractivity (Wildman–Crippen MR) is 130 cm³/mol. The SMILES string of the molecule is C=CCn1c(SCC(=O)NCCC2=CCCCC2)nc2nc(N(CC)CC)sc2c1=O. The van der Waals surface area contributed by atoms with Crippen LogP contribution in [0.5, 0.6) is 0 Å². The van der Waals surface area contributed by atoms with Crippen LogP contribution in [-0.4, -0.2) is 45.8 Å². The van der Waals surface area contributed by atoms with Crippen LogP contribution in [0.2, 0.25) is 0 Å². The average Bonchev–Trinajstić information content (AvgIpc) is 3.20. The topological polar surface area (TPSA) is 80.1 Å². The summed E-state index contributed by atoms with van der Waals surface area (Å²) >= 11 is 2.64. The van der Waals surface area contributed by atoms with Crippen molar-refractivity contribution in [2.24, 2.45) is 0 Å². The Morgan fingerprint density at radius 3 is 2.84 bits per heavy atom. The summed E-state index contributed by atoms with van der Waals surface area (Å²) in [7, 11) is 0. The van der Waals surface area contributed by atoms with E-state index in [1.807, 2.05) is 0 Å². The number of nitrogens with zero attached hydrogens (tertiary/aromatic N) is 4. The predicted octanol–water partition coefficient (Wildman–Crippen LogP) is 3.98. The first-order chi connectivity index (χ1) is 15.1. The molecule has 7 nitrogen and oxygen atoms in total. The van der Waals surface area contributed by atoms with Gasteiger partial charge >= 0.3 is 0 Å². The number of allylic oxidation sites excluding steroid dienone is 2. The zero-order chi connectivity index (χ0) is 22.2. The lowest BCUT2D eigenvalue weighted by atomic mass is 9.97. The van der Waals surface area contributed by atoms with Crippen molar-refractivity contribution < 1.29 is 4.79 Å². The van der Waals surface area contributed by atoms with E-state index in [9.17, 15) is 9.59 Å². The van der Waals surface area contributed by atoms with E-state index in [4.69, 9.17) is 0 Å². The van der Waals surface area contributed by atoms with Gasteiger partial charge in [-0.15, -0.1) is 6.58 Å². The highest BCUT2D eigenvalue weighted by Crippen LogP contribution is 2.27. The van der Waals surface area contributed by atoms with Crippen molar-refractivity contribution >= 4 is 44.5 Å². The van der Waals surface area contributed by atoms with Crippen molar-refractivity contribution in [3.05, 3.63) is 34.7 Å². The Kier molecular flexibility index (Phi) is 8.71. The number of carbonyl (C=O) groups excluding carboxylic acids is 1. The van der Waals surface area contributed by atoms with Gasteiger partial charge < -0.3 is 10.2 Å². The van der Waals surface area contributed by atoms with Crippen molar-refractivity contribution in [3.8, 4) is 0 Å². The van der Waals surface area contributed by atoms with Gasteiger partial charge in [-0.05, 0) is 46.0 Å². The lowest BCUT2D eigenvalue weighted by Crippen LogP contribution is -2.27. The van der Waals surface area contributed by atoms with Gasteiger partial charge in [-0.2, -0.15) is 4.98 Å². The van der Waals surface area contributed by atoms with E-state index >= 15 is 0 Å². The van der Waals surface area contributed by atoms with E-state index < -0.39 is 0 Å². The molecule has 0 unspecified atom stereocenters. The van der Waals surface area contributed by atoms with Gasteiger partial charge in [0.15, 0.2) is 15.9 Å². The monoisotopic (exact) mass is 461 g/mol. The lowest BCUT2D eigenvalue weighted by molar-refractivity contribution is -0.118. The summed E-state index contributed by atoms with van der Waals surface area (Å²) in [5, 5.41) is 4.28. The molecule has 2 aromatic heterocycles. The average molecular weight is 462 g/mol. The molecule has 0 fully saturated rings. The van der Waals surface area contributed by atoms with Crippen molar-refractivity contribution in [1.29, 1.82) is 0 Å². The fourth-order valence-electron chi connectivity index (χ4n) is 3.58. The van der Waals surface area contributed by atoms with Crippen molar-refractivity contribution in [2.75, 3.05) is 30.3 Å². The van der Waals surface area contributed by atoms with Crippen LogP contribution in [0.4, 0.5) is 5.13 Å². The van der Waals surface area contributed by atoms with E-state index in [0.717, 1.165) is 37.5 Å². The van der Waals surface area contributed by atoms with Crippen molar-refractivity contribution in [3.63, 3.8) is 0 Å². The maximum Gasteiger partial charge on any atom is 0.274 e. The minimum absolute atomic E-state index is 0.0528. The van der Waals surface area contributed by atoms with Gasteiger partial charge in [-0.3, -0.25) is 14.2 Å². The van der Waals surface area contributed by atoms with Crippen LogP contribution in [0.25, 0.3) is 10.3 Å². The quantitative estimate of drug-likeness (QED) is 0.310. The van der Waals surface area contributed by atoms with E-state index in [-0.39, 0.29) is 17.2 Å². The van der Waals surface area contributed by atoms with Crippen molar-refractivity contribution in [1.82, 2.24) is 19.9 Å². The number of fused-ring (bicyclic) bond motifs is 1. The zero-order valence-corrected chi connectivity index (χ0v) is 20.0. The molecular weight excluding hydrogens is 430 g/mol. The minimum Gasteiger partial charge on any atom is -0.355 e. The molecule has 2 heterocycles. The Morgan fingerprint density at radius 2 is 2.16 bits per heavy atom. The molecule has 31 heavy (non-hydrogen) atoms. The second kappa shape index (κ2) is 11.5. The molecule has 0 aliphatic heterocycles. The van der Waals surface area contributed by atoms with Crippen LogP contribution in [0.15, 0.2) is 34.3 Å². The maximum atomic E-state index is 13.1. The Hall–Kier alpha value is -2.13. The summed E-state index contributed by atoms with van der Waals surface area (Å²) in [6, 6.07) is 0. The number of aromatic nitrogens is 3. The Morgan fingerprint density at radius 1 is 1.35 bits per heavy atom. The van der Waals surface area contributed by atoms with Gasteiger partial charge in [0.1, 0.15) is 4.70 Å². The molecule has 0 saturated heterocycles. The number of anilines is 1. The summed E-state index contributed by atoms with van der Waals surface area (Å²) in [6.45, 7) is 10.5. The molecule has 168 valence electrons. The van der Waals surface area contributed by atoms with Gasteiger partial charge in [-0.25, -0.2) is 4.98 Å². The summed E-state index contributed by atoms with van der Waals surface area (Å²) in [6.07, 6.45) is 9.70. The van der Waals surface area contributed by atoms with Crippen LogP contribution in [0.1, 0.15) is 46.0 Å². The third-order valence-electron chi connectivity index (χ3n) is 5.30. The summed E-state index contributed by atoms with van der Waals surface area (Å²) in [5.41, 5.74) is 1.76. The smallest absolute Gasteiger partial charge is 0.274 e. The fraction of sp³-hybridized carbons (Fsp3) is 0.545. The number of thiazole rings is 1. The van der Waals surface area contributed by atoms with Crippen LogP contribution in [0, 0.1) is 0 Å². The third-order valence-corrected chi connectivity index (χ3v) is 7.37. The standard InChI is InChI=1S/C22H31N5O2S2/c1-4-14-27-20(29)18-19(24-21(31-18)26(5-2)6-3)25-22(27)30-15-17(28)23-13-12-16-10-8-7-9-11-16/h4,10H,1,5-9,11-15H2,2-3H3,(H,23,28). The first-order valence-corrected chi connectivity index (χ1v) is 12.7. The Bertz CT molecular complexity index is 1010. The van der Waals surface area contributed by atoms with E-state index in [1.165, 1.54) is 41.5 Å². The van der Waals surface area contributed by atoms with E-state index in [1.54, 1.807) is 10.6 Å². The molecule has 1 aliphatic carbocycles. The van der Waals surface area contributed by atoms with Crippen LogP contribution >= 0.6 is 23.1 Å². The number of carbonyl (C=O) groups is 1. The van der Waals surface area contributed by atoms with Gasteiger partial charge in [0, 0.05) is 26.2 Å². The summed E-state index contributed by atoms with van der Waals surface area (Å²) < 4.78 is 2.11. The third kappa shape index (κ3) is 5.98. The number of rotatable bonds is 11. The van der Waals surface area contributed by atoms with E-state index in [0.29, 0.717) is 28.6 Å². The molecule has 0 spiro atoms. The van der Waals surface area contributed by atoms with Crippen LogP contribution in [-0.2, 0) is 11.3 Å². The fourth-order valence-corrected chi connectivity index (χ4v) is 5.49. The van der Waals surface area contributed by atoms with Crippen molar-refractivity contribution in [2.45, 2.75) is 57.7 Å². The minimum atomic E-state index is -0.132. The van der Waals surface area contributed by atoms with Gasteiger partial charge in [0.05, 0.1) is 5.75 Å². The zero-order valence-electron chi connectivity index (χ0n) is 18.4. The maximum absolute atomic E-state index is 13.1. The molecule has 1 amide bonds.